The molecule has 1 saturated heterocycles. The van der Waals surface area contributed by atoms with Crippen molar-refractivity contribution in [3.8, 4) is 5.75 Å². The Balaban J connectivity index is 1.65. The fourth-order valence-electron chi connectivity index (χ4n) is 3.41. The van der Waals surface area contributed by atoms with E-state index in [4.69, 9.17) is 20.8 Å². The molecule has 0 unspecified atom stereocenters. The molecule has 1 fully saturated rings. The first kappa shape index (κ1) is 20.2. The van der Waals surface area contributed by atoms with Crippen molar-refractivity contribution in [2.45, 2.75) is 32.6 Å². The largest absolute Gasteiger partial charge is 0.495 e. The summed E-state index contributed by atoms with van der Waals surface area (Å²) in [7, 11) is 1.48. The molecule has 1 aromatic heterocycles. The number of carbonyl (C=O) groups is 2. The van der Waals surface area contributed by atoms with Gasteiger partial charge in [0, 0.05) is 37.5 Å². The quantitative estimate of drug-likeness (QED) is 0.563. The summed E-state index contributed by atoms with van der Waals surface area (Å²) in [5, 5.41) is 3.87. The monoisotopic (exact) mass is 406 g/mol. The van der Waals surface area contributed by atoms with Crippen molar-refractivity contribution in [1.29, 1.82) is 0 Å². The Bertz CT molecular complexity index is 969. The summed E-state index contributed by atoms with van der Waals surface area (Å²) in [6, 6.07) is 3.23. The number of nitrogens with one attached hydrogen (secondary N) is 1. The maximum absolute atomic E-state index is 12.3. The Morgan fingerprint density at radius 2 is 2.14 bits per heavy atom. The maximum atomic E-state index is 12.3. The van der Waals surface area contributed by atoms with Gasteiger partial charge in [0.25, 0.3) is 0 Å². The smallest absolute Gasteiger partial charge is 0.340 e. The van der Waals surface area contributed by atoms with Gasteiger partial charge in [0.1, 0.15) is 11.3 Å². The SMILES string of the molecule is COc1cc2oc(=O)c(CC(=O)NCCCN3CCCC3=O)c(C)c2cc1Cl. The van der Waals surface area contributed by atoms with Crippen molar-refractivity contribution in [2.75, 3.05) is 26.7 Å². The number of aryl methyl sites for hydroxylation is 1. The van der Waals surface area contributed by atoms with Crippen LogP contribution in [0.15, 0.2) is 21.3 Å². The van der Waals surface area contributed by atoms with Crippen LogP contribution in [0.3, 0.4) is 0 Å². The Morgan fingerprint density at radius 1 is 1.36 bits per heavy atom. The molecular formula is C20H23ClN2O5. The summed E-state index contributed by atoms with van der Waals surface area (Å²) in [5.41, 5.74) is 0.782. The van der Waals surface area contributed by atoms with Gasteiger partial charge in [-0.1, -0.05) is 11.6 Å². The molecule has 1 aliphatic rings. The minimum absolute atomic E-state index is 0.0730. The number of benzene rings is 1. The Kier molecular flexibility index (Phi) is 6.24. The lowest BCUT2D eigenvalue weighted by atomic mass is 10.0. The fraction of sp³-hybridized carbons (Fsp3) is 0.450. The van der Waals surface area contributed by atoms with Crippen LogP contribution in [-0.4, -0.2) is 43.5 Å². The minimum atomic E-state index is -0.549. The zero-order valence-electron chi connectivity index (χ0n) is 16.0. The summed E-state index contributed by atoms with van der Waals surface area (Å²) >= 11 is 6.17. The van der Waals surface area contributed by atoms with E-state index < -0.39 is 5.63 Å². The van der Waals surface area contributed by atoms with Crippen molar-refractivity contribution in [1.82, 2.24) is 10.2 Å². The van der Waals surface area contributed by atoms with E-state index in [9.17, 15) is 14.4 Å². The molecule has 2 amide bonds. The van der Waals surface area contributed by atoms with Crippen molar-refractivity contribution < 1.29 is 18.7 Å². The summed E-state index contributed by atoms with van der Waals surface area (Å²) in [6.07, 6.45) is 2.12. The van der Waals surface area contributed by atoms with Crippen molar-refractivity contribution >= 4 is 34.4 Å². The Labute approximate surface area is 167 Å². The molecular weight excluding hydrogens is 384 g/mol. The molecule has 0 bridgehead atoms. The van der Waals surface area contributed by atoms with Gasteiger partial charge in [-0.05, 0) is 31.4 Å². The molecule has 0 radical (unpaired) electrons. The molecule has 8 heteroatoms. The number of halogens is 1. The van der Waals surface area contributed by atoms with Crippen molar-refractivity contribution in [2.24, 2.45) is 0 Å². The molecule has 0 saturated carbocycles. The number of methoxy groups -OCH3 is 1. The lowest BCUT2D eigenvalue weighted by Crippen LogP contribution is -2.32. The van der Waals surface area contributed by atoms with Gasteiger partial charge in [-0.15, -0.1) is 0 Å². The number of rotatable bonds is 7. The third-order valence-corrected chi connectivity index (χ3v) is 5.29. The second kappa shape index (κ2) is 8.65. The zero-order chi connectivity index (χ0) is 20.3. The average molecular weight is 407 g/mol. The third kappa shape index (κ3) is 4.30. The van der Waals surface area contributed by atoms with Crippen LogP contribution in [0, 0.1) is 6.92 Å². The van der Waals surface area contributed by atoms with Gasteiger partial charge in [0.15, 0.2) is 0 Å². The van der Waals surface area contributed by atoms with E-state index >= 15 is 0 Å². The summed E-state index contributed by atoms with van der Waals surface area (Å²) in [5.74, 6) is 0.326. The number of hydrogen-bond acceptors (Lipinski definition) is 5. The molecule has 1 aromatic carbocycles. The van der Waals surface area contributed by atoms with Crippen LogP contribution in [0.5, 0.6) is 5.75 Å². The van der Waals surface area contributed by atoms with Gasteiger partial charge in [-0.2, -0.15) is 0 Å². The molecule has 2 heterocycles. The predicted molar refractivity (Wildman–Crippen MR) is 106 cm³/mol. The molecule has 0 spiro atoms. The Morgan fingerprint density at radius 3 is 2.82 bits per heavy atom. The first-order valence-corrected chi connectivity index (χ1v) is 9.62. The molecule has 2 aromatic rings. The van der Waals surface area contributed by atoms with Gasteiger partial charge >= 0.3 is 5.63 Å². The normalized spacial score (nSPS) is 14.0. The van der Waals surface area contributed by atoms with E-state index in [2.05, 4.69) is 5.32 Å². The van der Waals surface area contributed by atoms with E-state index in [1.807, 2.05) is 4.90 Å². The van der Waals surface area contributed by atoms with E-state index in [0.717, 1.165) is 13.0 Å². The first-order valence-electron chi connectivity index (χ1n) is 9.25. The van der Waals surface area contributed by atoms with Crippen LogP contribution in [-0.2, 0) is 16.0 Å². The van der Waals surface area contributed by atoms with Crippen molar-refractivity contribution in [3.63, 3.8) is 0 Å². The van der Waals surface area contributed by atoms with Crippen LogP contribution in [0.1, 0.15) is 30.4 Å². The number of carbonyl (C=O) groups excluding carboxylic acids is 2. The average Bonchev–Trinajstić information content (AvgIpc) is 3.07. The number of hydrogen-bond donors (Lipinski definition) is 1. The number of amides is 2. The molecule has 7 nitrogen and oxygen atoms in total. The topological polar surface area (TPSA) is 88.8 Å². The van der Waals surface area contributed by atoms with E-state index in [1.54, 1.807) is 19.1 Å². The standard InChI is InChI=1S/C20H23ClN2O5/c1-12-13-9-15(21)17(27-2)11-16(13)28-20(26)14(12)10-18(24)22-6-4-8-23-7-3-5-19(23)25/h9,11H,3-8,10H2,1-2H3,(H,22,24). The van der Waals surface area contributed by atoms with Crippen LogP contribution in [0.4, 0.5) is 0 Å². The van der Waals surface area contributed by atoms with Crippen LogP contribution in [0.2, 0.25) is 5.02 Å². The third-order valence-electron chi connectivity index (χ3n) is 5.00. The number of likely N-dealkylation sites (tertiary alicyclic amines) is 1. The molecule has 3 rings (SSSR count). The number of nitrogens with zero attached hydrogens (tertiary/aromatic N) is 1. The zero-order valence-corrected chi connectivity index (χ0v) is 16.7. The highest BCUT2D eigenvalue weighted by molar-refractivity contribution is 6.32. The molecule has 28 heavy (non-hydrogen) atoms. The molecule has 1 aliphatic heterocycles. The second-order valence-electron chi connectivity index (χ2n) is 6.84. The van der Waals surface area contributed by atoms with Crippen LogP contribution >= 0.6 is 11.6 Å². The molecule has 1 N–H and O–H groups in total. The van der Waals surface area contributed by atoms with E-state index in [-0.39, 0.29) is 18.2 Å². The van der Waals surface area contributed by atoms with Gasteiger partial charge in [0.2, 0.25) is 11.8 Å². The van der Waals surface area contributed by atoms with Gasteiger partial charge in [-0.3, -0.25) is 9.59 Å². The molecule has 0 atom stereocenters. The highest BCUT2D eigenvalue weighted by Crippen LogP contribution is 2.31. The lowest BCUT2D eigenvalue weighted by molar-refractivity contribution is -0.127. The van der Waals surface area contributed by atoms with Crippen LogP contribution < -0.4 is 15.7 Å². The Hall–Kier alpha value is -2.54. The highest BCUT2D eigenvalue weighted by atomic mass is 35.5. The van der Waals surface area contributed by atoms with Crippen molar-refractivity contribution in [3.05, 3.63) is 38.7 Å². The van der Waals surface area contributed by atoms with E-state index in [1.165, 1.54) is 7.11 Å². The highest BCUT2D eigenvalue weighted by Gasteiger charge is 2.20. The van der Waals surface area contributed by atoms with Gasteiger partial charge in [0.05, 0.1) is 24.1 Å². The summed E-state index contributed by atoms with van der Waals surface area (Å²) < 4.78 is 10.5. The molecule has 150 valence electrons. The number of ether oxygens (including phenoxy) is 1. The fourth-order valence-corrected chi connectivity index (χ4v) is 3.65. The maximum Gasteiger partial charge on any atom is 0.340 e. The summed E-state index contributed by atoms with van der Waals surface area (Å²) in [6.45, 7) is 3.64. The second-order valence-corrected chi connectivity index (χ2v) is 7.25. The number of fused-ring (bicyclic) bond motifs is 1. The summed E-state index contributed by atoms with van der Waals surface area (Å²) in [4.78, 5) is 38.0. The van der Waals surface area contributed by atoms with Crippen LogP contribution in [0.25, 0.3) is 11.0 Å². The predicted octanol–water partition coefficient (Wildman–Crippen LogP) is 2.43. The molecule has 0 aliphatic carbocycles. The van der Waals surface area contributed by atoms with E-state index in [0.29, 0.717) is 58.8 Å². The minimum Gasteiger partial charge on any atom is -0.495 e. The first-order chi connectivity index (χ1) is 13.4. The van der Waals surface area contributed by atoms with Gasteiger partial charge in [-0.25, -0.2) is 4.79 Å². The lowest BCUT2D eigenvalue weighted by Gasteiger charge is -2.15. The van der Waals surface area contributed by atoms with Gasteiger partial charge < -0.3 is 19.4 Å².